The number of aromatic nitrogens is 1. The zero-order valence-electron chi connectivity index (χ0n) is 8.07. The molecule has 2 rings (SSSR count). The van der Waals surface area contributed by atoms with Crippen molar-refractivity contribution in [3.05, 3.63) is 29.6 Å². The Morgan fingerprint density at radius 1 is 1.07 bits per heavy atom. The summed E-state index contributed by atoms with van der Waals surface area (Å²) >= 11 is 0. The molecule has 0 radical (unpaired) electrons. The summed E-state index contributed by atoms with van der Waals surface area (Å²) in [5.74, 6) is 0. The Balaban J connectivity index is 0.000000195. The van der Waals surface area contributed by atoms with Crippen molar-refractivity contribution in [2.45, 2.75) is 25.7 Å². The van der Waals surface area contributed by atoms with E-state index in [9.17, 15) is 0 Å². The lowest BCUT2D eigenvalue weighted by molar-refractivity contribution is -2.00. The van der Waals surface area contributed by atoms with Gasteiger partial charge >= 0.3 is 0 Å². The molecule has 0 unspecified atom stereocenters. The smallest absolute Gasteiger partial charge is 0.182 e. The molecule has 5 nitrogen and oxygen atoms in total. The van der Waals surface area contributed by atoms with Crippen LogP contribution in [0.25, 0.3) is 0 Å². The molecule has 6 heteroatoms. The quantitative estimate of drug-likeness (QED) is 0.466. The van der Waals surface area contributed by atoms with Crippen molar-refractivity contribution in [2.24, 2.45) is 0 Å². The molecule has 0 saturated heterocycles. The number of rotatable bonds is 0. The topological polar surface area (TPSA) is 106 Å². The molecule has 1 N–H and O–H groups in total. The van der Waals surface area contributed by atoms with E-state index < -0.39 is 10.2 Å². The Morgan fingerprint density at radius 3 is 2.27 bits per heavy atom. The minimum Gasteiger partial charge on any atom is -0.222 e. The first-order chi connectivity index (χ1) is 6.97. The summed E-state index contributed by atoms with van der Waals surface area (Å²) in [6, 6.07) is 4.31. The molecule has 0 amide bonds. The van der Waals surface area contributed by atoms with Gasteiger partial charge in [-0.1, -0.05) is 0 Å². The second kappa shape index (κ2) is 5.39. The van der Waals surface area contributed by atoms with Crippen molar-refractivity contribution in [1.82, 2.24) is 0 Å². The Hall–Kier alpha value is -0.720. The third kappa shape index (κ3) is 5.66. The third-order valence-corrected chi connectivity index (χ3v) is 2.16. The summed E-state index contributed by atoms with van der Waals surface area (Å²) in [6.07, 6.45) is 7.26. The average molecular weight is 234 g/mol. The molecule has 0 bridgehead atoms. The van der Waals surface area contributed by atoms with E-state index in [0.717, 1.165) is 0 Å². The normalized spacial score (nSPS) is 14.9. The van der Waals surface area contributed by atoms with Crippen LogP contribution in [0.2, 0.25) is 0 Å². The van der Waals surface area contributed by atoms with Gasteiger partial charge < -0.3 is 0 Å². The second-order valence-corrected chi connectivity index (χ2v) is 4.01. The van der Waals surface area contributed by atoms with E-state index >= 15 is 0 Å². The number of aryl methyl sites for hydroxylation is 2. The van der Waals surface area contributed by atoms with Crippen molar-refractivity contribution in [2.75, 3.05) is 0 Å². The highest BCUT2D eigenvalue weighted by Crippen LogP contribution is 2.15. The van der Waals surface area contributed by atoms with Gasteiger partial charge in [0.25, 0.3) is 0 Å². The van der Waals surface area contributed by atoms with Crippen LogP contribution in [0.4, 0.5) is 0 Å². The molecule has 0 atom stereocenters. The molecule has 1 aliphatic rings. The van der Waals surface area contributed by atoms with Gasteiger partial charge in [-0.05, 0) is 25.3 Å². The van der Waals surface area contributed by atoms with Gasteiger partial charge in [-0.3, -0.25) is 0 Å². The Kier molecular flexibility index (Phi) is 4.44. The van der Waals surface area contributed by atoms with Crippen molar-refractivity contribution in [3.63, 3.8) is 0 Å². The van der Waals surface area contributed by atoms with Crippen LogP contribution in [0.1, 0.15) is 24.1 Å². The molecule has 15 heavy (non-hydrogen) atoms. The van der Waals surface area contributed by atoms with Crippen molar-refractivity contribution >= 4 is 0 Å². The number of aromatic amines is 1. The van der Waals surface area contributed by atoms with Gasteiger partial charge in [-0.2, -0.15) is 0 Å². The monoisotopic (exact) mass is 233 g/mol. The van der Waals surface area contributed by atoms with Crippen LogP contribution in [0, 0.1) is 10.2 Å². The fraction of sp³-hybridized carbons (Fsp3) is 0.444. The highest BCUT2D eigenvalue weighted by Gasteiger charge is 2.12. The van der Waals surface area contributed by atoms with Crippen LogP contribution in [-0.4, -0.2) is 0 Å². The van der Waals surface area contributed by atoms with E-state index in [4.69, 9.17) is 18.6 Å². The molecule has 0 aromatic carbocycles. The number of fused-ring (bicyclic) bond motifs is 1. The maximum atomic E-state index is 8.49. The van der Waals surface area contributed by atoms with Crippen LogP contribution >= 0.6 is 0 Å². The molecule has 1 aliphatic carbocycles. The zero-order valence-corrected chi connectivity index (χ0v) is 8.83. The maximum Gasteiger partial charge on any atom is 0.182 e. The van der Waals surface area contributed by atoms with Gasteiger partial charge in [-0.15, -0.1) is 10.2 Å². The Bertz CT molecular complexity index is 282. The summed E-state index contributed by atoms with van der Waals surface area (Å²) in [4.78, 5) is 3.29. The number of nitrogens with one attached hydrogen (secondary N) is 1. The minimum absolute atomic E-state index is 1.25. The molecule has 0 fully saturated rings. The van der Waals surface area contributed by atoms with Gasteiger partial charge in [0.15, 0.2) is 11.9 Å². The maximum absolute atomic E-state index is 8.49. The first kappa shape index (κ1) is 12.4. The molecule has 1 heterocycles. The predicted octanol–water partition coefficient (Wildman–Crippen LogP) is -3.38. The molecule has 1 aromatic heterocycles. The van der Waals surface area contributed by atoms with Crippen LogP contribution in [-0.2, 0) is 12.8 Å². The standard InChI is InChI=1S/C9H11N.ClHO4/c1-2-6-9-8(4-1)5-3-7-10-9;2-1(3,4)5/h3,5,7H,1-2,4,6H2;(H,2,3,4,5). The largest absolute Gasteiger partial charge is 0.222 e. The van der Waals surface area contributed by atoms with E-state index in [-0.39, 0.29) is 0 Å². The third-order valence-electron chi connectivity index (χ3n) is 2.16. The van der Waals surface area contributed by atoms with E-state index in [1.54, 1.807) is 0 Å². The van der Waals surface area contributed by atoms with E-state index in [1.165, 1.54) is 36.9 Å². The Morgan fingerprint density at radius 2 is 1.67 bits per heavy atom. The van der Waals surface area contributed by atoms with Gasteiger partial charge in [0.2, 0.25) is 0 Å². The fourth-order valence-electron chi connectivity index (χ4n) is 1.59. The zero-order chi connectivity index (χ0) is 11.3. The van der Waals surface area contributed by atoms with Crippen LogP contribution < -0.4 is 23.6 Å². The van der Waals surface area contributed by atoms with Crippen LogP contribution in [0.5, 0.6) is 0 Å². The number of hydrogen-bond donors (Lipinski definition) is 0. The SMILES string of the molecule is [O-][Cl+3]([O-])([O-])[O-].c1c[nH+]c2c(c1)CCCC2. The number of pyridine rings is 1. The van der Waals surface area contributed by atoms with Crippen molar-refractivity contribution in [3.8, 4) is 0 Å². The van der Waals surface area contributed by atoms with E-state index in [0.29, 0.717) is 0 Å². The highest BCUT2D eigenvalue weighted by atomic mass is 35.7. The molecule has 84 valence electrons. The predicted molar refractivity (Wildman–Crippen MR) is 39.6 cm³/mol. The lowest BCUT2D eigenvalue weighted by atomic mass is 9.96. The fourth-order valence-corrected chi connectivity index (χ4v) is 1.59. The van der Waals surface area contributed by atoms with E-state index in [1.807, 2.05) is 6.20 Å². The molecule has 0 spiro atoms. The lowest BCUT2D eigenvalue weighted by Crippen LogP contribution is -2.68. The summed E-state index contributed by atoms with van der Waals surface area (Å²) < 4.78 is 34.0. The second-order valence-electron chi connectivity index (χ2n) is 3.26. The van der Waals surface area contributed by atoms with Gasteiger partial charge in [-0.25, -0.2) is 23.6 Å². The average Bonchev–Trinajstić information content (AvgIpc) is 2.16. The van der Waals surface area contributed by atoms with Crippen molar-refractivity contribution in [1.29, 1.82) is 0 Å². The Labute approximate surface area is 89.7 Å². The summed E-state index contributed by atoms with van der Waals surface area (Å²) in [5.41, 5.74) is 2.97. The van der Waals surface area contributed by atoms with Crippen LogP contribution in [0.15, 0.2) is 18.3 Å². The lowest BCUT2D eigenvalue weighted by Gasteiger charge is -2.17. The van der Waals surface area contributed by atoms with Crippen molar-refractivity contribution < 1.29 is 33.9 Å². The molecular formula is C9H12ClNO4. The number of hydrogen-bond acceptors (Lipinski definition) is 4. The first-order valence-corrected chi connectivity index (χ1v) is 5.80. The van der Waals surface area contributed by atoms with Gasteiger partial charge in [0.05, 0.1) is 0 Å². The summed E-state index contributed by atoms with van der Waals surface area (Å²) in [7, 11) is -4.94. The van der Waals surface area contributed by atoms with Gasteiger partial charge in [0, 0.05) is 18.1 Å². The van der Waals surface area contributed by atoms with Gasteiger partial charge in [0.1, 0.15) is 0 Å². The van der Waals surface area contributed by atoms with Crippen LogP contribution in [0.3, 0.4) is 0 Å². The summed E-state index contributed by atoms with van der Waals surface area (Å²) in [5, 5.41) is 0. The number of halogens is 1. The molecule has 0 aliphatic heterocycles. The molecule has 1 aromatic rings. The minimum atomic E-state index is -4.94. The first-order valence-electron chi connectivity index (χ1n) is 4.57. The summed E-state index contributed by atoms with van der Waals surface area (Å²) in [6.45, 7) is 0. The molecule has 0 saturated carbocycles. The number of H-pyrrole nitrogens is 1. The highest BCUT2D eigenvalue weighted by molar-refractivity contribution is 5.17. The van der Waals surface area contributed by atoms with E-state index in [2.05, 4.69) is 17.1 Å². The molecular weight excluding hydrogens is 222 g/mol.